The summed E-state index contributed by atoms with van der Waals surface area (Å²) >= 11 is 0. The van der Waals surface area contributed by atoms with Crippen LogP contribution in [0, 0.1) is 0 Å². The fourth-order valence-electron chi connectivity index (χ4n) is 1.83. The maximum Gasteiger partial charge on any atom is 0.338 e. The van der Waals surface area contributed by atoms with Gasteiger partial charge in [0, 0.05) is 26.2 Å². The number of hydrogen-bond acceptors (Lipinski definition) is 5. The second-order valence-corrected chi connectivity index (χ2v) is 4.65. The van der Waals surface area contributed by atoms with Crippen LogP contribution < -0.4 is 10.1 Å². The Balaban J connectivity index is 2.03. The van der Waals surface area contributed by atoms with Crippen LogP contribution in [0.4, 0.5) is 5.69 Å². The molecule has 0 radical (unpaired) electrons. The fraction of sp³-hybridized carbons (Fsp3) is 0.250. The zero-order chi connectivity index (χ0) is 16.7. The molecule has 1 amide bonds. The number of amides is 1. The minimum Gasteiger partial charge on any atom is -0.491 e. The number of ether oxygens (including phenoxy) is 2. The molecule has 0 unspecified atom stereocenters. The minimum absolute atomic E-state index is 0.0840. The highest BCUT2D eigenvalue weighted by Crippen LogP contribution is 2.24. The van der Waals surface area contributed by atoms with E-state index in [0.29, 0.717) is 24.7 Å². The molecule has 1 aromatic heterocycles. The lowest BCUT2D eigenvalue weighted by molar-refractivity contribution is 0.0696. The van der Waals surface area contributed by atoms with Crippen LogP contribution in [0.2, 0.25) is 0 Å². The van der Waals surface area contributed by atoms with Gasteiger partial charge in [-0.2, -0.15) is 0 Å². The largest absolute Gasteiger partial charge is 0.491 e. The number of furan rings is 1. The number of carboxylic acid groups (broad SMARTS) is 1. The van der Waals surface area contributed by atoms with Crippen LogP contribution in [0.15, 0.2) is 41.0 Å². The van der Waals surface area contributed by atoms with E-state index >= 15 is 0 Å². The van der Waals surface area contributed by atoms with Gasteiger partial charge in [-0.3, -0.25) is 4.79 Å². The Morgan fingerprint density at radius 2 is 2.04 bits per heavy atom. The summed E-state index contributed by atoms with van der Waals surface area (Å²) in [5.41, 5.74) is 0.391. The zero-order valence-corrected chi connectivity index (χ0v) is 12.6. The molecule has 0 saturated carbocycles. The normalized spacial score (nSPS) is 10.3. The highest BCUT2D eigenvalue weighted by molar-refractivity contribution is 6.04. The van der Waals surface area contributed by atoms with Gasteiger partial charge in [-0.25, -0.2) is 4.79 Å². The molecule has 1 heterocycles. The van der Waals surface area contributed by atoms with E-state index in [1.54, 1.807) is 31.4 Å². The van der Waals surface area contributed by atoms with Gasteiger partial charge in [-0.1, -0.05) is 12.1 Å². The van der Waals surface area contributed by atoms with E-state index in [1.165, 1.54) is 6.07 Å². The van der Waals surface area contributed by atoms with E-state index in [0.717, 1.165) is 12.7 Å². The number of aromatic carboxylic acids is 1. The molecular weight excluding hydrogens is 302 g/mol. The average Bonchev–Trinajstić information content (AvgIpc) is 3.03. The van der Waals surface area contributed by atoms with Crippen LogP contribution in [-0.4, -0.2) is 37.3 Å². The van der Waals surface area contributed by atoms with Crippen LogP contribution in [0.3, 0.4) is 0 Å². The van der Waals surface area contributed by atoms with Gasteiger partial charge in [-0.15, -0.1) is 0 Å². The molecule has 122 valence electrons. The first-order chi connectivity index (χ1) is 11.1. The standard InChI is InChI=1S/C16H17NO6/c1-21-7-4-8-22-13-6-3-2-5-12(13)17-15(18)14-9-11(10-23-14)16(19)20/h2-3,5-6,9-10H,4,7-8H2,1H3,(H,17,18)(H,19,20). The molecule has 7 nitrogen and oxygen atoms in total. The third kappa shape index (κ3) is 4.58. The first-order valence-corrected chi connectivity index (χ1v) is 6.95. The second-order valence-electron chi connectivity index (χ2n) is 4.65. The summed E-state index contributed by atoms with van der Waals surface area (Å²) in [6, 6.07) is 8.12. The van der Waals surface area contributed by atoms with Crippen LogP contribution in [0.1, 0.15) is 27.3 Å². The summed E-state index contributed by atoms with van der Waals surface area (Å²) in [5.74, 6) is -1.28. The summed E-state index contributed by atoms with van der Waals surface area (Å²) < 4.78 is 15.5. The van der Waals surface area contributed by atoms with Gasteiger partial charge < -0.3 is 24.3 Å². The number of methoxy groups -OCH3 is 1. The summed E-state index contributed by atoms with van der Waals surface area (Å²) in [6.07, 6.45) is 1.74. The molecule has 2 N–H and O–H groups in total. The molecule has 2 aromatic rings. The van der Waals surface area contributed by atoms with Crippen LogP contribution in [-0.2, 0) is 4.74 Å². The Labute approximate surface area is 132 Å². The van der Waals surface area contributed by atoms with E-state index in [2.05, 4.69) is 5.32 Å². The monoisotopic (exact) mass is 319 g/mol. The van der Waals surface area contributed by atoms with Gasteiger partial charge in [0.2, 0.25) is 0 Å². The molecule has 0 bridgehead atoms. The van der Waals surface area contributed by atoms with Gasteiger partial charge in [0.25, 0.3) is 5.91 Å². The highest BCUT2D eigenvalue weighted by atomic mass is 16.5. The molecular formula is C16H17NO6. The van der Waals surface area contributed by atoms with E-state index < -0.39 is 11.9 Å². The van der Waals surface area contributed by atoms with Crippen LogP contribution >= 0.6 is 0 Å². The Kier molecular flexibility index (Phi) is 5.76. The smallest absolute Gasteiger partial charge is 0.338 e. The SMILES string of the molecule is COCCCOc1ccccc1NC(=O)c1cc(C(=O)O)co1. The molecule has 0 atom stereocenters. The lowest BCUT2D eigenvalue weighted by Gasteiger charge is -2.11. The number of hydrogen-bond donors (Lipinski definition) is 2. The van der Waals surface area contributed by atoms with Crippen molar-refractivity contribution in [3.05, 3.63) is 47.9 Å². The van der Waals surface area contributed by atoms with Crippen molar-refractivity contribution in [3.8, 4) is 5.75 Å². The Bertz CT molecular complexity index is 679. The number of anilines is 1. The Morgan fingerprint density at radius 3 is 2.74 bits per heavy atom. The van der Waals surface area contributed by atoms with Crippen molar-refractivity contribution in [2.45, 2.75) is 6.42 Å². The third-order valence-electron chi connectivity index (χ3n) is 2.96. The zero-order valence-electron chi connectivity index (χ0n) is 12.6. The third-order valence-corrected chi connectivity index (χ3v) is 2.96. The first-order valence-electron chi connectivity index (χ1n) is 6.95. The van der Waals surface area contributed by atoms with E-state index in [1.807, 2.05) is 0 Å². The topological polar surface area (TPSA) is 98.0 Å². The maximum absolute atomic E-state index is 12.1. The quantitative estimate of drug-likeness (QED) is 0.726. The summed E-state index contributed by atoms with van der Waals surface area (Å²) in [5, 5.41) is 11.5. The van der Waals surface area contributed by atoms with E-state index in [-0.39, 0.29) is 11.3 Å². The van der Waals surface area contributed by atoms with Gasteiger partial charge in [0.1, 0.15) is 12.0 Å². The molecule has 2 rings (SSSR count). The van der Waals surface area contributed by atoms with Gasteiger partial charge >= 0.3 is 5.97 Å². The van der Waals surface area contributed by atoms with Crippen molar-refractivity contribution >= 4 is 17.6 Å². The maximum atomic E-state index is 12.1. The lowest BCUT2D eigenvalue weighted by atomic mass is 10.2. The summed E-state index contributed by atoms with van der Waals surface area (Å²) in [7, 11) is 1.61. The molecule has 0 aliphatic rings. The van der Waals surface area contributed by atoms with Crippen molar-refractivity contribution in [3.63, 3.8) is 0 Å². The van der Waals surface area contributed by atoms with Gasteiger partial charge in [-0.05, 0) is 12.1 Å². The molecule has 7 heteroatoms. The van der Waals surface area contributed by atoms with Crippen molar-refractivity contribution in [1.82, 2.24) is 0 Å². The van der Waals surface area contributed by atoms with E-state index in [4.69, 9.17) is 19.0 Å². The van der Waals surface area contributed by atoms with Gasteiger partial charge in [0.05, 0.1) is 17.9 Å². The predicted molar refractivity (Wildman–Crippen MR) is 82.1 cm³/mol. The minimum atomic E-state index is -1.16. The molecule has 1 aromatic carbocycles. The Morgan fingerprint density at radius 1 is 1.26 bits per heavy atom. The molecule has 0 saturated heterocycles. The molecule has 0 aliphatic carbocycles. The molecule has 0 aliphatic heterocycles. The van der Waals surface area contributed by atoms with E-state index in [9.17, 15) is 9.59 Å². The number of carbonyl (C=O) groups is 2. The molecule has 23 heavy (non-hydrogen) atoms. The van der Waals surface area contributed by atoms with Crippen molar-refractivity contribution in [2.75, 3.05) is 25.6 Å². The van der Waals surface area contributed by atoms with Crippen molar-refractivity contribution in [1.29, 1.82) is 0 Å². The van der Waals surface area contributed by atoms with Crippen LogP contribution in [0.25, 0.3) is 0 Å². The molecule has 0 spiro atoms. The second kappa shape index (κ2) is 8.00. The highest BCUT2D eigenvalue weighted by Gasteiger charge is 2.16. The fourth-order valence-corrected chi connectivity index (χ4v) is 1.83. The number of para-hydroxylation sites is 2. The molecule has 0 fully saturated rings. The first kappa shape index (κ1) is 16.6. The van der Waals surface area contributed by atoms with Crippen LogP contribution in [0.5, 0.6) is 5.75 Å². The van der Waals surface area contributed by atoms with Gasteiger partial charge in [0.15, 0.2) is 5.76 Å². The number of carbonyl (C=O) groups excluding carboxylic acids is 1. The number of rotatable bonds is 8. The lowest BCUT2D eigenvalue weighted by Crippen LogP contribution is -2.12. The number of benzene rings is 1. The summed E-state index contributed by atoms with van der Waals surface area (Å²) in [4.78, 5) is 22.9. The Hall–Kier alpha value is -2.80. The summed E-state index contributed by atoms with van der Waals surface area (Å²) in [6.45, 7) is 1.03. The number of carboxylic acids is 1. The van der Waals surface area contributed by atoms with Crippen molar-refractivity contribution in [2.24, 2.45) is 0 Å². The number of nitrogens with one attached hydrogen (secondary N) is 1. The van der Waals surface area contributed by atoms with Crippen molar-refractivity contribution < 1.29 is 28.6 Å². The average molecular weight is 319 g/mol. The predicted octanol–water partition coefficient (Wildman–Crippen LogP) is 2.65.